The molecule has 0 amide bonds. The summed E-state index contributed by atoms with van der Waals surface area (Å²) in [5.41, 5.74) is 0.967. The average molecular weight is 282 g/mol. The summed E-state index contributed by atoms with van der Waals surface area (Å²) >= 11 is 0. The Morgan fingerprint density at radius 3 is 2.52 bits per heavy atom. The lowest BCUT2D eigenvalue weighted by atomic mass is 10.2. The Bertz CT molecular complexity index is 678. The first kappa shape index (κ1) is 14.5. The Morgan fingerprint density at radius 1 is 1.14 bits per heavy atom. The van der Waals surface area contributed by atoms with Gasteiger partial charge in [0.25, 0.3) is 0 Å². The van der Waals surface area contributed by atoms with E-state index >= 15 is 0 Å². The quantitative estimate of drug-likeness (QED) is 0.876. The van der Waals surface area contributed by atoms with Crippen molar-refractivity contribution in [2.45, 2.75) is 0 Å². The summed E-state index contributed by atoms with van der Waals surface area (Å²) in [5, 5.41) is 9.02. The zero-order valence-electron chi connectivity index (χ0n) is 11.5. The molecule has 0 bridgehead atoms. The Labute approximate surface area is 122 Å². The van der Waals surface area contributed by atoms with Crippen molar-refractivity contribution in [2.24, 2.45) is 0 Å². The van der Waals surface area contributed by atoms with Gasteiger partial charge < -0.3 is 14.6 Å². The highest BCUT2D eigenvalue weighted by Gasteiger charge is 2.08. The number of carbonyl (C=O) groups is 1. The van der Waals surface area contributed by atoms with Crippen molar-refractivity contribution in [3.05, 3.63) is 59.7 Å². The van der Waals surface area contributed by atoms with Gasteiger partial charge >= 0.3 is 5.97 Å². The lowest BCUT2D eigenvalue weighted by molar-refractivity contribution is 0.0693. The Morgan fingerprint density at radius 2 is 1.86 bits per heavy atom. The third-order valence-corrected chi connectivity index (χ3v) is 2.74. The van der Waals surface area contributed by atoms with E-state index in [1.165, 1.54) is 6.07 Å². The number of rotatable bonds is 4. The maximum atomic E-state index is 11.0. The molecule has 0 spiro atoms. The van der Waals surface area contributed by atoms with Gasteiger partial charge in [-0.3, -0.25) is 0 Å². The maximum Gasteiger partial charge on any atom is 0.339 e. The van der Waals surface area contributed by atoms with Gasteiger partial charge in [-0.15, -0.1) is 0 Å². The summed E-state index contributed by atoms with van der Waals surface area (Å²) in [6.45, 7) is 0.121. The summed E-state index contributed by atoms with van der Waals surface area (Å²) in [4.78, 5) is 11.0. The van der Waals surface area contributed by atoms with E-state index in [1.54, 1.807) is 25.3 Å². The third kappa shape index (κ3) is 4.02. The molecule has 0 aliphatic rings. The van der Waals surface area contributed by atoms with Crippen LogP contribution in [0.4, 0.5) is 0 Å². The summed E-state index contributed by atoms with van der Waals surface area (Å²) in [6.07, 6.45) is 0. The molecule has 0 radical (unpaired) electrons. The summed E-state index contributed by atoms with van der Waals surface area (Å²) in [7, 11) is 1.61. The highest BCUT2D eigenvalue weighted by molar-refractivity contribution is 5.90. The highest BCUT2D eigenvalue weighted by atomic mass is 16.5. The minimum atomic E-state index is -1.02. The van der Waals surface area contributed by atoms with Crippen molar-refractivity contribution in [1.82, 2.24) is 0 Å². The minimum absolute atomic E-state index is 0.121. The fraction of sp³-hybridized carbons (Fsp3) is 0.118. The van der Waals surface area contributed by atoms with Crippen LogP contribution < -0.4 is 9.47 Å². The lowest BCUT2D eigenvalue weighted by Crippen LogP contribution is -2.03. The number of carboxylic acid groups (broad SMARTS) is 1. The van der Waals surface area contributed by atoms with Gasteiger partial charge in [0.05, 0.1) is 7.11 Å². The van der Waals surface area contributed by atoms with Gasteiger partial charge in [-0.25, -0.2) is 4.79 Å². The second-order valence-electron chi connectivity index (χ2n) is 4.12. The highest BCUT2D eigenvalue weighted by Crippen LogP contribution is 2.17. The van der Waals surface area contributed by atoms with Crippen molar-refractivity contribution < 1.29 is 19.4 Å². The van der Waals surface area contributed by atoms with Crippen LogP contribution in [0.1, 0.15) is 15.9 Å². The van der Waals surface area contributed by atoms with Crippen LogP contribution in [0.3, 0.4) is 0 Å². The Hall–Kier alpha value is -2.93. The first-order chi connectivity index (χ1) is 10.2. The molecule has 0 aliphatic heterocycles. The molecule has 4 nitrogen and oxygen atoms in total. The first-order valence-corrected chi connectivity index (χ1v) is 6.29. The third-order valence-electron chi connectivity index (χ3n) is 2.74. The van der Waals surface area contributed by atoms with Crippen LogP contribution in [0.5, 0.6) is 11.5 Å². The van der Waals surface area contributed by atoms with E-state index in [0.717, 1.165) is 11.3 Å². The fourth-order valence-corrected chi connectivity index (χ4v) is 1.70. The topological polar surface area (TPSA) is 55.8 Å². The lowest BCUT2D eigenvalue weighted by Gasteiger charge is -2.05. The van der Waals surface area contributed by atoms with E-state index in [1.807, 2.05) is 24.3 Å². The van der Waals surface area contributed by atoms with Crippen molar-refractivity contribution in [3.8, 4) is 23.3 Å². The smallest absolute Gasteiger partial charge is 0.339 e. The molecular formula is C17H14O4. The summed E-state index contributed by atoms with van der Waals surface area (Å²) < 4.78 is 10.4. The molecule has 0 aromatic heterocycles. The van der Waals surface area contributed by atoms with Gasteiger partial charge in [0.2, 0.25) is 0 Å². The largest absolute Gasteiger partial charge is 0.497 e. The van der Waals surface area contributed by atoms with Crippen LogP contribution in [0.15, 0.2) is 48.5 Å². The SMILES string of the molecule is COc1ccc(C#CCOc2ccccc2C(=O)O)cc1. The Balaban J connectivity index is 1.98. The molecule has 2 aromatic carbocycles. The molecule has 0 atom stereocenters. The molecule has 0 unspecified atom stereocenters. The monoisotopic (exact) mass is 282 g/mol. The number of carboxylic acids is 1. The number of ether oxygens (including phenoxy) is 2. The minimum Gasteiger partial charge on any atom is -0.497 e. The van der Waals surface area contributed by atoms with Crippen molar-refractivity contribution in [3.63, 3.8) is 0 Å². The molecule has 4 heteroatoms. The normalized spacial score (nSPS) is 9.38. The van der Waals surface area contributed by atoms with Crippen LogP contribution in [0.25, 0.3) is 0 Å². The zero-order chi connectivity index (χ0) is 15.1. The molecule has 2 aromatic rings. The summed E-state index contributed by atoms with van der Waals surface area (Å²) in [6, 6.07) is 13.8. The van der Waals surface area contributed by atoms with E-state index in [-0.39, 0.29) is 12.2 Å². The second-order valence-corrected chi connectivity index (χ2v) is 4.12. The first-order valence-electron chi connectivity index (χ1n) is 6.29. The van der Waals surface area contributed by atoms with E-state index in [4.69, 9.17) is 14.6 Å². The van der Waals surface area contributed by atoms with Gasteiger partial charge in [0.15, 0.2) is 0 Å². The predicted octanol–water partition coefficient (Wildman–Crippen LogP) is 2.82. The molecular weight excluding hydrogens is 268 g/mol. The van der Waals surface area contributed by atoms with Gasteiger partial charge in [0, 0.05) is 5.56 Å². The molecule has 0 saturated heterocycles. The second kappa shape index (κ2) is 7.01. The van der Waals surface area contributed by atoms with E-state index in [2.05, 4.69) is 11.8 Å². The van der Waals surface area contributed by atoms with E-state index in [0.29, 0.717) is 5.75 Å². The van der Waals surface area contributed by atoms with Crippen molar-refractivity contribution >= 4 is 5.97 Å². The van der Waals surface area contributed by atoms with Crippen LogP contribution in [-0.4, -0.2) is 24.8 Å². The molecule has 0 fully saturated rings. The number of benzene rings is 2. The molecule has 0 heterocycles. The van der Waals surface area contributed by atoms with Gasteiger partial charge in [-0.1, -0.05) is 24.0 Å². The van der Waals surface area contributed by atoms with Crippen LogP contribution >= 0.6 is 0 Å². The van der Waals surface area contributed by atoms with Crippen molar-refractivity contribution in [1.29, 1.82) is 0 Å². The maximum absolute atomic E-state index is 11.0. The number of hydrogen-bond acceptors (Lipinski definition) is 3. The van der Waals surface area contributed by atoms with E-state index in [9.17, 15) is 4.79 Å². The van der Waals surface area contributed by atoms with Crippen LogP contribution in [-0.2, 0) is 0 Å². The molecule has 0 aliphatic carbocycles. The fourth-order valence-electron chi connectivity index (χ4n) is 1.70. The van der Waals surface area contributed by atoms with Crippen molar-refractivity contribution in [2.75, 3.05) is 13.7 Å². The molecule has 0 saturated carbocycles. The number of hydrogen-bond donors (Lipinski definition) is 1. The number of para-hydroxylation sites is 1. The standard InChI is InChI=1S/C17H14O4/c1-20-14-10-8-13(9-11-14)5-4-12-21-16-7-3-2-6-15(16)17(18)19/h2-3,6-11H,12H2,1H3,(H,18,19). The van der Waals surface area contributed by atoms with Gasteiger partial charge in [0.1, 0.15) is 23.7 Å². The number of aromatic carboxylic acids is 1. The average Bonchev–Trinajstić information content (AvgIpc) is 2.52. The molecule has 21 heavy (non-hydrogen) atoms. The molecule has 1 N–H and O–H groups in total. The summed E-state index contributed by atoms with van der Waals surface area (Å²) in [5.74, 6) is 5.85. The van der Waals surface area contributed by atoms with Gasteiger partial charge in [-0.05, 0) is 36.4 Å². The Kier molecular flexibility index (Phi) is 4.84. The zero-order valence-corrected chi connectivity index (χ0v) is 11.5. The van der Waals surface area contributed by atoms with E-state index < -0.39 is 5.97 Å². The molecule has 2 rings (SSSR count). The number of methoxy groups -OCH3 is 1. The van der Waals surface area contributed by atoms with Crippen LogP contribution in [0, 0.1) is 11.8 Å². The molecule has 106 valence electrons. The van der Waals surface area contributed by atoms with Gasteiger partial charge in [-0.2, -0.15) is 0 Å². The van der Waals surface area contributed by atoms with Crippen LogP contribution in [0.2, 0.25) is 0 Å². The predicted molar refractivity (Wildman–Crippen MR) is 78.8 cm³/mol.